The van der Waals surface area contributed by atoms with E-state index in [1.807, 2.05) is 26.8 Å². The van der Waals surface area contributed by atoms with Gasteiger partial charge in [-0.05, 0) is 67.8 Å². The summed E-state index contributed by atoms with van der Waals surface area (Å²) in [5, 5.41) is 11.0. The second-order valence-electron chi connectivity index (χ2n) is 11.8. The van der Waals surface area contributed by atoms with Gasteiger partial charge < -0.3 is 19.3 Å². The number of aliphatic hydroxyl groups excluding tert-OH is 1. The zero-order chi connectivity index (χ0) is 24.5. The molecule has 1 saturated carbocycles. The first kappa shape index (κ1) is 24.7. The fraction of sp³-hybridized carbons (Fsp3) is 0.852. The molecule has 6 heteroatoms. The maximum atomic E-state index is 12.8. The maximum Gasteiger partial charge on any atom is 0.342 e. The number of fused-ring (bicyclic) bond motifs is 1. The molecule has 1 spiro atoms. The van der Waals surface area contributed by atoms with Crippen LogP contribution in [0.3, 0.4) is 0 Å². The Bertz CT molecular complexity index is 852. The molecule has 1 N–H and O–H groups in total. The number of carbonyl (C=O) groups is 2. The molecule has 0 aromatic carbocycles. The van der Waals surface area contributed by atoms with Crippen molar-refractivity contribution in [2.24, 2.45) is 35.0 Å². The van der Waals surface area contributed by atoms with Crippen LogP contribution < -0.4 is 0 Å². The molecule has 2 heterocycles. The van der Waals surface area contributed by atoms with E-state index in [-0.39, 0.29) is 53.0 Å². The van der Waals surface area contributed by atoms with Gasteiger partial charge in [-0.2, -0.15) is 0 Å². The van der Waals surface area contributed by atoms with Gasteiger partial charge in [0.05, 0.1) is 6.10 Å². The topological polar surface area (TPSA) is 85.4 Å². The van der Waals surface area contributed by atoms with Crippen LogP contribution in [-0.2, 0) is 23.8 Å². The van der Waals surface area contributed by atoms with Crippen LogP contribution >= 0.6 is 0 Å². The summed E-state index contributed by atoms with van der Waals surface area (Å²) in [6.45, 7) is 16.9. The maximum absolute atomic E-state index is 12.8. The molecule has 2 aliphatic carbocycles. The Morgan fingerprint density at radius 2 is 1.88 bits per heavy atom. The summed E-state index contributed by atoms with van der Waals surface area (Å²) in [6, 6.07) is 0. The molecule has 2 aliphatic heterocycles. The van der Waals surface area contributed by atoms with Gasteiger partial charge in [0.15, 0.2) is 17.3 Å². The van der Waals surface area contributed by atoms with Crippen LogP contribution in [0.1, 0.15) is 81.1 Å². The van der Waals surface area contributed by atoms with Gasteiger partial charge in [-0.25, -0.2) is 4.79 Å². The van der Waals surface area contributed by atoms with Crippen molar-refractivity contribution in [1.82, 2.24) is 0 Å². The Balaban J connectivity index is 1.86. The van der Waals surface area contributed by atoms with Crippen LogP contribution in [0.2, 0.25) is 0 Å². The fourth-order valence-electron chi connectivity index (χ4n) is 7.88. The third kappa shape index (κ3) is 3.34. The van der Waals surface area contributed by atoms with Crippen molar-refractivity contribution < 1.29 is 28.9 Å². The molecule has 33 heavy (non-hydrogen) atoms. The third-order valence-electron chi connectivity index (χ3n) is 10.1. The minimum atomic E-state index is -0.949. The second-order valence-corrected chi connectivity index (χ2v) is 11.8. The van der Waals surface area contributed by atoms with Crippen LogP contribution in [0.4, 0.5) is 0 Å². The fourth-order valence-corrected chi connectivity index (χ4v) is 7.88. The molecule has 4 aliphatic rings. The molecule has 6 nitrogen and oxygen atoms in total. The van der Waals surface area contributed by atoms with E-state index in [4.69, 9.17) is 14.2 Å². The minimum absolute atomic E-state index is 0.0133. The molecular weight excluding hydrogens is 420 g/mol. The molecule has 4 rings (SSSR count). The van der Waals surface area contributed by atoms with E-state index in [1.165, 1.54) is 0 Å². The first-order chi connectivity index (χ1) is 15.3. The largest absolute Gasteiger partial charge is 0.462 e. The van der Waals surface area contributed by atoms with Crippen LogP contribution in [0.15, 0.2) is 11.6 Å². The standard InChI is InChI=1S/C27H42O6/c1-9-10-22(29)31-20-11-14(2)12-21-27(26(8,33-27)24(30)32-21)18(6)23-16(4)19(28)13-15(3)25(23,7)17(20)5/h12,15-21,23,28H,9-11,13H2,1-8H3/b14-12-/t15-,16-,17-,18-,19-,20-,21-,23+,25+,26+,27+/m0/s1. The first-order valence-corrected chi connectivity index (χ1v) is 12.8. The highest BCUT2D eigenvalue weighted by Gasteiger charge is 2.84. The van der Waals surface area contributed by atoms with E-state index in [0.29, 0.717) is 19.3 Å². The van der Waals surface area contributed by atoms with Gasteiger partial charge in [-0.3, -0.25) is 4.79 Å². The van der Waals surface area contributed by atoms with Crippen molar-refractivity contribution in [2.75, 3.05) is 0 Å². The summed E-state index contributed by atoms with van der Waals surface area (Å²) in [6.07, 6.45) is 3.29. The van der Waals surface area contributed by atoms with Crippen molar-refractivity contribution in [3.63, 3.8) is 0 Å². The molecule has 0 unspecified atom stereocenters. The normalized spacial score (nSPS) is 53.0. The number of rotatable bonds is 3. The summed E-state index contributed by atoms with van der Waals surface area (Å²) in [4.78, 5) is 25.4. The van der Waals surface area contributed by atoms with E-state index < -0.39 is 23.4 Å². The van der Waals surface area contributed by atoms with E-state index >= 15 is 0 Å². The number of aliphatic hydroxyl groups is 1. The molecule has 3 fully saturated rings. The molecular formula is C27H42O6. The Labute approximate surface area is 198 Å². The lowest BCUT2D eigenvalue weighted by Gasteiger charge is -2.58. The molecule has 0 aromatic heterocycles. The zero-order valence-electron chi connectivity index (χ0n) is 21.5. The smallest absolute Gasteiger partial charge is 0.342 e. The van der Waals surface area contributed by atoms with Gasteiger partial charge in [0.1, 0.15) is 6.10 Å². The molecule has 186 valence electrons. The highest BCUT2D eigenvalue weighted by atomic mass is 16.7. The van der Waals surface area contributed by atoms with E-state index in [9.17, 15) is 14.7 Å². The monoisotopic (exact) mass is 462 g/mol. The van der Waals surface area contributed by atoms with Crippen LogP contribution in [0.25, 0.3) is 0 Å². The number of esters is 2. The quantitative estimate of drug-likeness (QED) is 0.379. The van der Waals surface area contributed by atoms with Crippen molar-refractivity contribution in [2.45, 2.75) is 111 Å². The average Bonchev–Trinajstić information content (AvgIpc) is 3.32. The van der Waals surface area contributed by atoms with Gasteiger partial charge in [-0.15, -0.1) is 0 Å². The predicted molar refractivity (Wildman–Crippen MR) is 124 cm³/mol. The highest BCUT2D eigenvalue weighted by molar-refractivity contribution is 5.88. The van der Waals surface area contributed by atoms with E-state index in [2.05, 4.69) is 34.6 Å². The lowest BCUT2D eigenvalue weighted by molar-refractivity contribution is -0.175. The highest BCUT2D eigenvalue weighted by Crippen LogP contribution is 2.68. The van der Waals surface area contributed by atoms with Crippen LogP contribution in [0, 0.1) is 35.0 Å². The van der Waals surface area contributed by atoms with E-state index in [0.717, 1.165) is 12.0 Å². The molecule has 0 bridgehead atoms. The summed E-state index contributed by atoms with van der Waals surface area (Å²) in [5.74, 6) is -0.155. The number of ether oxygens (including phenoxy) is 3. The van der Waals surface area contributed by atoms with Crippen molar-refractivity contribution in [3.8, 4) is 0 Å². The van der Waals surface area contributed by atoms with E-state index in [1.54, 1.807) is 0 Å². The van der Waals surface area contributed by atoms with Gasteiger partial charge in [0.25, 0.3) is 0 Å². The number of epoxide rings is 1. The molecule has 0 amide bonds. The van der Waals surface area contributed by atoms with Crippen LogP contribution in [-0.4, -0.2) is 46.6 Å². The van der Waals surface area contributed by atoms with Gasteiger partial charge in [0.2, 0.25) is 0 Å². The first-order valence-electron chi connectivity index (χ1n) is 12.8. The summed E-state index contributed by atoms with van der Waals surface area (Å²) in [5.41, 5.74) is -0.868. The Morgan fingerprint density at radius 3 is 2.48 bits per heavy atom. The number of hydrogen-bond donors (Lipinski definition) is 1. The Morgan fingerprint density at radius 1 is 1.21 bits per heavy atom. The Hall–Kier alpha value is -1.40. The van der Waals surface area contributed by atoms with Crippen LogP contribution in [0.5, 0.6) is 0 Å². The number of carbonyl (C=O) groups excluding carboxylic acids is 2. The number of hydrogen-bond acceptors (Lipinski definition) is 6. The van der Waals surface area contributed by atoms with Crippen molar-refractivity contribution >= 4 is 11.9 Å². The van der Waals surface area contributed by atoms with Gasteiger partial charge in [-0.1, -0.05) is 47.1 Å². The predicted octanol–water partition coefficient (Wildman–Crippen LogP) is 4.43. The zero-order valence-corrected chi connectivity index (χ0v) is 21.5. The summed E-state index contributed by atoms with van der Waals surface area (Å²) >= 11 is 0. The van der Waals surface area contributed by atoms with Gasteiger partial charge in [0, 0.05) is 12.8 Å². The third-order valence-corrected chi connectivity index (χ3v) is 10.1. The minimum Gasteiger partial charge on any atom is -0.462 e. The lowest BCUT2D eigenvalue weighted by Crippen LogP contribution is -2.59. The molecule has 11 atom stereocenters. The summed E-state index contributed by atoms with van der Waals surface area (Å²) in [7, 11) is 0. The lowest BCUT2D eigenvalue weighted by atomic mass is 9.47. The SMILES string of the molecule is CCCC(=O)O[C@H]1C/C(C)=C\[C@@H]2OC(=O)[C@@]3(C)O[C@]23[C@@H](C)[C@H]2[C@@H](C)[C@@H](O)C[C@H](C)[C@]2(C)[C@H]1C. The van der Waals surface area contributed by atoms with Crippen molar-refractivity contribution in [1.29, 1.82) is 0 Å². The molecule has 2 saturated heterocycles. The summed E-state index contributed by atoms with van der Waals surface area (Å²) < 4.78 is 18.3. The van der Waals surface area contributed by atoms with Crippen molar-refractivity contribution in [3.05, 3.63) is 11.6 Å². The second kappa shape index (κ2) is 8.08. The van der Waals surface area contributed by atoms with Gasteiger partial charge >= 0.3 is 11.9 Å². The molecule has 0 aromatic rings. The Kier molecular flexibility index (Phi) is 6.05. The molecule has 0 radical (unpaired) electrons. The average molecular weight is 463 g/mol.